The van der Waals surface area contributed by atoms with Gasteiger partial charge in [0.1, 0.15) is 0 Å². The maximum atomic E-state index is 12.3. The molecule has 3 rings (SSSR count). The van der Waals surface area contributed by atoms with E-state index in [1.54, 1.807) is 33.9 Å². The van der Waals surface area contributed by atoms with E-state index >= 15 is 0 Å². The Labute approximate surface area is 160 Å². The Kier molecular flexibility index (Phi) is 5.40. The van der Waals surface area contributed by atoms with E-state index < -0.39 is 14.8 Å². The molecule has 0 bridgehead atoms. The van der Waals surface area contributed by atoms with Gasteiger partial charge in [-0.05, 0) is 70.6 Å². The largest absolute Gasteiger partial charge is 0.419 e. The van der Waals surface area contributed by atoms with E-state index in [-0.39, 0.29) is 11.8 Å². The summed E-state index contributed by atoms with van der Waals surface area (Å²) in [5, 5.41) is 3.43. The maximum Gasteiger partial charge on any atom is 0.419 e. The fraction of sp³-hybridized carbons (Fsp3) is 0.632. The van der Waals surface area contributed by atoms with E-state index in [1.807, 2.05) is 12.1 Å². The Balaban J connectivity index is 1.53. The van der Waals surface area contributed by atoms with Gasteiger partial charge in [0, 0.05) is 25.3 Å². The van der Waals surface area contributed by atoms with Crippen LogP contribution in [0.3, 0.4) is 0 Å². The Bertz CT molecular complexity index is 961. The normalized spacial score (nSPS) is 21.5. The van der Waals surface area contributed by atoms with Gasteiger partial charge < -0.3 is 9.73 Å². The zero-order chi connectivity index (χ0) is 19.8. The summed E-state index contributed by atoms with van der Waals surface area (Å²) >= 11 is 0. The van der Waals surface area contributed by atoms with Crippen LogP contribution in [0, 0.1) is 5.92 Å². The van der Waals surface area contributed by atoms with Gasteiger partial charge in [0.25, 0.3) is 0 Å². The molecular formula is C19H29N3O4S. The molecule has 2 N–H and O–H groups in total. The molecule has 1 heterocycles. The van der Waals surface area contributed by atoms with Crippen molar-refractivity contribution in [2.24, 2.45) is 13.0 Å². The monoisotopic (exact) mass is 395 g/mol. The van der Waals surface area contributed by atoms with Crippen LogP contribution in [0.4, 0.5) is 5.69 Å². The minimum absolute atomic E-state index is 0.0299. The summed E-state index contributed by atoms with van der Waals surface area (Å²) < 4.78 is 33.3. The third-order valence-electron chi connectivity index (χ3n) is 5.36. The maximum absolute atomic E-state index is 12.3. The van der Waals surface area contributed by atoms with Crippen LogP contribution in [0.1, 0.15) is 46.5 Å². The van der Waals surface area contributed by atoms with Crippen LogP contribution in [-0.4, -0.2) is 30.3 Å². The average molecular weight is 396 g/mol. The third-order valence-corrected chi connectivity index (χ3v) is 7.62. The first-order valence-electron chi connectivity index (χ1n) is 9.42. The summed E-state index contributed by atoms with van der Waals surface area (Å²) in [6.45, 7) is 5.99. The molecule has 0 unspecified atom stereocenters. The van der Waals surface area contributed by atoms with Crippen molar-refractivity contribution in [3.8, 4) is 0 Å². The van der Waals surface area contributed by atoms with Crippen LogP contribution in [0.15, 0.2) is 27.4 Å². The van der Waals surface area contributed by atoms with Crippen molar-refractivity contribution in [3.63, 3.8) is 0 Å². The van der Waals surface area contributed by atoms with E-state index in [0.717, 1.165) is 43.4 Å². The molecule has 0 atom stereocenters. The lowest BCUT2D eigenvalue weighted by atomic mass is 9.86. The first-order valence-corrected chi connectivity index (χ1v) is 10.9. The predicted molar refractivity (Wildman–Crippen MR) is 107 cm³/mol. The lowest BCUT2D eigenvalue weighted by Gasteiger charge is -2.31. The fourth-order valence-corrected chi connectivity index (χ4v) is 4.41. The minimum Gasteiger partial charge on any atom is -0.408 e. The summed E-state index contributed by atoms with van der Waals surface area (Å²) in [6, 6.07) is 5.66. The lowest BCUT2D eigenvalue weighted by Crippen LogP contribution is -2.46. The van der Waals surface area contributed by atoms with Crippen molar-refractivity contribution in [2.45, 2.75) is 57.2 Å². The molecule has 0 spiro atoms. The van der Waals surface area contributed by atoms with Gasteiger partial charge in [-0.2, -0.15) is 0 Å². The van der Waals surface area contributed by atoms with Crippen molar-refractivity contribution >= 4 is 26.8 Å². The van der Waals surface area contributed by atoms with Crippen LogP contribution in [0.5, 0.6) is 0 Å². The van der Waals surface area contributed by atoms with E-state index in [9.17, 15) is 13.2 Å². The Hall–Kier alpha value is -1.80. The van der Waals surface area contributed by atoms with Crippen molar-refractivity contribution in [1.82, 2.24) is 9.29 Å². The number of aromatic nitrogens is 1. The number of nitrogens with zero attached hydrogens (tertiary/aromatic N) is 1. The van der Waals surface area contributed by atoms with Gasteiger partial charge in [-0.1, -0.05) is 0 Å². The van der Waals surface area contributed by atoms with Gasteiger partial charge in [0.05, 0.1) is 10.3 Å². The second kappa shape index (κ2) is 7.31. The summed E-state index contributed by atoms with van der Waals surface area (Å²) in [7, 11) is -1.60. The molecule has 1 aliphatic carbocycles. The summed E-state index contributed by atoms with van der Waals surface area (Å²) in [5.74, 6) is 0.141. The van der Waals surface area contributed by atoms with Crippen LogP contribution < -0.4 is 15.8 Å². The van der Waals surface area contributed by atoms with E-state index in [4.69, 9.17) is 4.42 Å². The van der Waals surface area contributed by atoms with Crippen LogP contribution in [0.2, 0.25) is 0 Å². The van der Waals surface area contributed by atoms with Crippen LogP contribution in [-0.2, 0) is 17.1 Å². The molecule has 0 radical (unpaired) electrons. The fourth-order valence-electron chi connectivity index (χ4n) is 3.38. The Morgan fingerprint density at radius 3 is 2.48 bits per heavy atom. The highest BCUT2D eigenvalue weighted by atomic mass is 32.2. The second-order valence-electron chi connectivity index (χ2n) is 8.44. The number of aryl methyl sites for hydroxylation is 1. The van der Waals surface area contributed by atoms with Gasteiger partial charge in [0.2, 0.25) is 10.0 Å². The summed E-state index contributed by atoms with van der Waals surface area (Å²) in [6.07, 6.45) is 3.68. The number of fused-ring (bicyclic) bond motifs is 1. The minimum atomic E-state index is -3.30. The Morgan fingerprint density at radius 2 is 1.85 bits per heavy atom. The number of hydrogen-bond donors (Lipinski definition) is 2. The smallest absolute Gasteiger partial charge is 0.408 e. The number of benzene rings is 1. The quantitative estimate of drug-likeness (QED) is 0.812. The molecule has 0 aliphatic heterocycles. The molecular weight excluding hydrogens is 366 g/mol. The second-order valence-corrected chi connectivity index (χ2v) is 10.9. The van der Waals surface area contributed by atoms with E-state index in [2.05, 4.69) is 10.0 Å². The SMILES string of the molecule is Cn1c(=O)oc2ccc(NCC3CCC(NS(=O)(=O)C(C)(C)C)CC3)cc21. The molecule has 1 aliphatic rings. The topological polar surface area (TPSA) is 93.3 Å². The van der Waals surface area contributed by atoms with Crippen LogP contribution in [0.25, 0.3) is 11.1 Å². The number of oxazole rings is 1. The molecule has 1 fully saturated rings. The van der Waals surface area contributed by atoms with Gasteiger partial charge in [-0.3, -0.25) is 4.57 Å². The van der Waals surface area contributed by atoms with Crippen molar-refractivity contribution in [3.05, 3.63) is 28.7 Å². The molecule has 0 saturated heterocycles. The van der Waals surface area contributed by atoms with Crippen LogP contribution >= 0.6 is 0 Å². The number of hydrogen-bond acceptors (Lipinski definition) is 5. The van der Waals surface area contributed by atoms with Crippen molar-refractivity contribution < 1.29 is 12.8 Å². The van der Waals surface area contributed by atoms with Crippen molar-refractivity contribution in [1.29, 1.82) is 0 Å². The molecule has 150 valence electrons. The molecule has 27 heavy (non-hydrogen) atoms. The highest BCUT2D eigenvalue weighted by Gasteiger charge is 2.32. The number of rotatable bonds is 5. The number of sulfonamides is 1. The Morgan fingerprint density at radius 1 is 1.19 bits per heavy atom. The molecule has 1 aromatic carbocycles. The average Bonchev–Trinajstić information content (AvgIpc) is 2.87. The molecule has 8 heteroatoms. The third kappa shape index (κ3) is 4.38. The first-order chi connectivity index (χ1) is 12.6. The van der Waals surface area contributed by atoms with Gasteiger partial charge in [0.15, 0.2) is 5.58 Å². The molecule has 1 saturated carbocycles. The zero-order valence-electron chi connectivity index (χ0n) is 16.4. The molecule has 2 aromatic rings. The van der Waals surface area contributed by atoms with E-state index in [0.29, 0.717) is 11.5 Å². The van der Waals surface area contributed by atoms with E-state index in [1.165, 1.54) is 4.57 Å². The van der Waals surface area contributed by atoms with Gasteiger partial charge in [-0.25, -0.2) is 17.9 Å². The highest BCUT2D eigenvalue weighted by molar-refractivity contribution is 7.90. The summed E-state index contributed by atoms with van der Waals surface area (Å²) in [5.41, 5.74) is 2.31. The number of nitrogens with one attached hydrogen (secondary N) is 2. The van der Waals surface area contributed by atoms with Gasteiger partial charge >= 0.3 is 5.76 Å². The molecule has 7 nitrogen and oxygen atoms in total. The molecule has 1 aromatic heterocycles. The lowest BCUT2D eigenvalue weighted by molar-refractivity contribution is 0.322. The first kappa shape index (κ1) is 19.9. The predicted octanol–water partition coefficient (Wildman–Crippen LogP) is 2.82. The summed E-state index contributed by atoms with van der Waals surface area (Å²) in [4.78, 5) is 11.6. The zero-order valence-corrected chi connectivity index (χ0v) is 17.2. The number of anilines is 1. The van der Waals surface area contributed by atoms with Crippen molar-refractivity contribution in [2.75, 3.05) is 11.9 Å². The van der Waals surface area contributed by atoms with Gasteiger partial charge in [-0.15, -0.1) is 0 Å². The molecule has 0 amide bonds. The highest BCUT2D eigenvalue weighted by Crippen LogP contribution is 2.27. The standard InChI is InChI=1S/C19H29N3O4S/c1-19(2,3)27(24,25)21-14-7-5-13(6-8-14)12-20-15-9-10-17-16(11-15)22(4)18(23)26-17/h9-11,13-14,20-21H,5-8,12H2,1-4H3.